The molecule has 1 aliphatic carbocycles. The lowest BCUT2D eigenvalue weighted by Crippen LogP contribution is -2.47. The van der Waals surface area contributed by atoms with Crippen molar-refractivity contribution in [2.75, 3.05) is 6.61 Å². The van der Waals surface area contributed by atoms with Gasteiger partial charge < -0.3 is 15.2 Å². The van der Waals surface area contributed by atoms with Crippen molar-refractivity contribution in [3.63, 3.8) is 0 Å². The maximum atomic E-state index is 12.3. The van der Waals surface area contributed by atoms with E-state index < -0.39 is 16.4 Å². The number of nitrogens with zero attached hydrogens (tertiary/aromatic N) is 1. The van der Waals surface area contributed by atoms with E-state index in [0.717, 1.165) is 50.7 Å². The maximum Gasteiger partial charge on any atom is 0.310 e. The van der Waals surface area contributed by atoms with Gasteiger partial charge in [0.25, 0.3) is 5.91 Å². The predicted octanol–water partition coefficient (Wildman–Crippen LogP) is 2.52. The molecule has 1 aromatic carbocycles. The third-order valence-electron chi connectivity index (χ3n) is 4.78. The van der Waals surface area contributed by atoms with Gasteiger partial charge in [0.15, 0.2) is 5.75 Å². The molecule has 1 unspecified atom stereocenters. The first-order valence-corrected chi connectivity index (χ1v) is 7.91. The van der Waals surface area contributed by atoms with Crippen molar-refractivity contribution >= 4 is 11.6 Å². The summed E-state index contributed by atoms with van der Waals surface area (Å²) in [4.78, 5) is 22.3. The number of phenolic OH excluding ortho intramolecular Hbond substituents is 1. The molecule has 3 rings (SSSR count). The molecule has 124 valence electrons. The van der Waals surface area contributed by atoms with E-state index in [-0.39, 0.29) is 23.1 Å². The second kappa shape index (κ2) is 6.16. The molecule has 0 bridgehead atoms. The van der Waals surface area contributed by atoms with Gasteiger partial charge in [0, 0.05) is 24.3 Å². The third kappa shape index (κ3) is 3.29. The lowest BCUT2D eigenvalue weighted by Gasteiger charge is -2.38. The van der Waals surface area contributed by atoms with Gasteiger partial charge in [-0.25, -0.2) is 0 Å². The smallest absolute Gasteiger partial charge is 0.310 e. The third-order valence-corrected chi connectivity index (χ3v) is 4.78. The van der Waals surface area contributed by atoms with Crippen molar-refractivity contribution in [2.45, 2.75) is 50.2 Å². The molecule has 0 aromatic heterocycles. The van der Waals surface area contributed by atoms with E-state index in [0.29, 0.717) is 6.61 Å². The highest BCUT2D eigenvalue weighted by molar-refractivity contribution is 5.95. The summed E-state index contributed by atoms with van der Waals surface area (Å²) in [5.74, 6) is -0.822. The fourth-order valence-corrected chi connectivity index (χ4v) is 3.61. The first kappa shape index (κ1) is 15.7. The van der Waals surface area contributed by atoms with Crippen LogP contribution in [0.1, 0.15) is 48.9 Å². The number of benzene rings is 1. The zero-order valence-electron chi connectivity index (χ0n) is 12.8. The van der Waals surface area contributed by atoms with Crippen LogP contribution >= 0.6 is 0 Å². The van der Waals surface area contributed by atoms with Crippen LogP contribution in [0.25, 0.3) is 0 Å². The van der Waals surface area contributed by atoms with Crippen LogP contribution in [0, 0.1) is 10.1 Å². The number of rotatable bonds is 3. The Labute approximate surface area is 133 Å². The molecular formula is C16H20N2O5. The molecule has 7 nitrogen and oxygen atoms in total. The second-order valence-electron chi connectivity index (χ2n) is 6.36. The number of nitrogens with one attached hydrogen (secondary N) is 1. The SMILES string of the molecule is O=C(NC1CCOC2(CCCC2)C1)c1ccc([N+](=O)[O-])c(O)c1. The van der Waals surface area contributed by atoms with Gasteiger partial charge in [0.05, 0.1) is 10.5 Å². The largest absolute Gasteiger partial charge is 0.502 e. The predicted molar refractivity (Wildman–Crippen MR) is 82.4 cm³/mol. The molecule has 1 atom stereocenters. The fourth-order valence-electron chi connectivity index (χ4n) is 3.61. The number of amides is 1. The van der Waals surface area contributed by atoms with Gasteiger partial charge in [-0.05, 0) is 37.8 Å². The quantitative estimate of drug-likeness (QED) is 0.658. The highest BCUT2D eigenvalue weighted by atomic mass is 16.6. The Morgan fingerprint density at radius 2 is 2.13 bits per heavy atom. The van der Waals surface area contributed by atoms with Crippen molar-refractivity contribution < 1.29 is 19.6 Å². The minimum absolute atomic E-state index is 0.0340. The zero-order valence-corrected chi connectivity index (χ0v) is 12.8. The molecule has 1 saturated heterocycles. The Hall–Kier alpha value is -2.15. The molecule has 2 aliphatic rings. The summed E-state index contributed by atoms with van der Waals surface area (Å²) in [7, 11) is 0. The van der Waals surface area contributed by atoms with Gasteiger partial charge in [0.2, 0.25) is 0 Å². The average Bonchev–Trinajstić information content (AvgIpc) is 2.94. The van der Waals surface area contributed by atoms with Crippen LogP contribution in [-0.4, -0.2) is 34.2 Å². The van der Waals surface area contributed by atoms with Crippen LogP contribution < -0.4 is 5.32 Å². The number of aromatic hydroxyl groups is 1. The minimum Gasteiger partial charge on any atom is -0.502 e. The summed E-state index contributed by atoms with van der Waals surface area (Å²) < 4.78 is 5.94. The van der Waals surface area contributed by atoms with Crippen molar-refractivity contribution in [1.82, 2.24) is 5.32 Å². The molecule has 0 radical (unpaired) electrons. The number of ether oxygens (including phenoxy) is 1. The Kier molecular flexibility index (Phi) is 4.21. The standard InChI is InChI=1S/C16H20N2O5/c19-14-9-11(3-4-13(14)18(21)22)15(20)17-12-5-8-23-16(10-12)6-1-2-7-16/h3-4,9,12,19H,1-2,5-8,10H2,(H,17,20). The Morgan fingerprint density at radius 1 is 1.39 bits per heavy atom. The highest BCUT2D eigenvalue weighted by Crippen LogP contribution is 2.40. The number of hydrogen-bond donors (Lipinski definition) is 2. The van der Waals surface area contributed by atoms with Crippen molar-refractivity contribution in [1.29, 1.82) is 0 Å². The van der Waals surface area contributed by atoms with Crippen LogP contribution in [0.2, 0.25) is 0 Å². The number of carbonyl (C=O) groups excluding carboxylic acids is 1. The topological polar surface area (TPSA) is 102 Å². The van der Waals surface area contributed by atoms with Crippen molar-refractivity contribution in [3.8, 4) is 5.75 Å². The van der Waals surface area contributed by atoms with Crippen LogP contribution in [0.3, 0.4) is 0 Å². The van der Waals surface area contributed by atoms with Crippen LogP contribution in [0.5, 0.6) is 5.75 Å². The number of phenols is 1. The summed E-state index contributed by atoms with van der Waals surface area (Å²) in [6.45, 7) is 0.635. The van der Waals surface area contributed by atoms with Crippen LogP contribution in [0.4, 0.5) is 5.69 Å². The fraction of sp³-hybridized carbons (Fsp3) is 0.562. The maximum absolute atomic E-state index is 12.3. The van der Waals surface area contributed by atoms with Gasteiger partial charge in [-0.3, -0.25) is 14.9 Å². The van der Waals surface area contributed by atoms with Crippen LogP contribution in [0.15, 0.2) is 18.2 Å². The minimum atomic E-state index is -0.681. The van der Waals surface area contributed by atoms with E-state index in [1.54, 1.807) is 0 Å². The Bertz CT molecular complexity index is 625. The lowest BCUT2D eigenvalue weighted by molar-refractivity contribution is -0.385. The lowest BCUT2D eigenvalue weighted by atomic mass is 9.89. The van der Waals surface area contributed by atoms with E-state index in [2.05, 4.69) is 5.32 Å². The summed E-state index contributed by atoms with van der Waals surface area (Å²) in [5, 5.41) is 23.3. The Balaban J connectivity index is 1.67. The van der Waals surface area contributed by atoms with E-state index in [4.69, 9.17) is 4.74 Å². The van der Waals surface area contributed by atoms with Gasteiger partial charge in [-0.2, -0.15) is 0 Å². The van der Waals surface area contributed by atoms with Gasteiger partial charge in [-0.15, -0.1) is 0 Å². The van der Waals surface area contributed by atoms with Crippen LogP contribution in [-0.2, 0) is 4.74 Å². The molecule has 1 saturated carbocycles. The van der Waals surface area contributed by atoms with Crippen molar-refractivity contribution in [3.05, 3.63) is 33.9 Å². The van der Waals surface area contributed by atoms with Gasteiger partial charge in [0.1, 0.15) is 0 Å². The number of carbonyl (C=O) groups is 1. The number of nitro benzene ring substituents is 1. The molecule has 1 amide bonds. The molecule has 1 aromatic rings. The first-order chi connectivity index (χ1) is 11.0. The normalized spacial score (nSPS) is 22.9. The molecule has 7 heteroatoms. The molecular weight excluding hydrogens is 300 g/mol. The molecule has 1 aliphatic heterocycles. The monoisotopic (exact) mass is 320 g/mol. The summed E-state index contributed by atoms with van der Waals surface area (Å²) >= 11 is 0. The highest BCUT2D eigenvalue weighted by Gasteiger charge is 2.40. The zero-order chi connectivity index (χ0) is 16.4. The second-order valence-corrected chi connectivity index (χ2v) is 6.36. The number of hydrogen-bond acceptors (Lipinski definition) is 5. The average molecular weight is 320 g/mol. The Morgan fingerprint density at radius 3 is 2.78 bits per heavy atom. The summed E-state index contributed by atoms with van der Waals surface area (Å²) in [5.41, 5.74) is -0.272. The van der Waals surface area contributed by atoms with Gasteiger partial charge in [-0.1, -0.05) is 12.8 Å². The number of nitro groups is 1. The summed E-state index contributed by atoms with van der Waals surface area (Å²) in [6.07, 6.45) is 5.97. The molecule has 1 heterocycles. The molecule has 2 fully saturated rings. The molecule has 2 N–H and O–H groups in total. The van der Waals surface area contributed by atoms with E-state index >= 15 is 0 Å². The molecule has 23 heavy (non-hydrogen) atoms. The van der Waals surface area contributed by atoms with Crippen molar-refractivity contribution in [2.24, 2.45) is 0 Å². The van der Waals surface area contributed by atoms with Gasteiger partial charge >= 0.3 is 5.69 Å². The summed E-state index contributed by atoms with van der Waals surface area (Å²) in [6, 6.07) is 3.68. The van der Waals surface area contributed by atoms with E-state index in [1.807, 2.05) is 0 Å². The van der Waals surface area contributed by atoms with E-state index in [1.165, 1.54) is 6.07 Å². The first-order valence-electron chi connectivity index (χ1n) is 7.91. The van der Waals surface area contributed by atoms with E-state index in [9.17, 15) is 20.0 Å². The molecule has 1 spiro atoms.